The molecule has 0 amide bonds. The van der Waals surface area contributed by atoms with Crippen molar-refractivity contribution < 1.29 is 17.5 Å². The van der Waals surface area contributed by atoms with Gasteiger partial charge < -0.3 is 4.74 Å². The number of nitrogens with zero attached hydrogens (tertiary/aromatic N) is 1. The van der Waals surface area contributed by atoms with Gasteiger partial charge in [-0.25, -0.2) is 17.1 Å². The molecular formula is C11H15BrFNO3S. The summed E-state index contributed by atoms with van der Waals surface area (Å²) in [6.45, 7) is 0.845. The lowest BCUT2D eigenvalue weighted by atomic mass is 10.3. The molecule has 7 heteroatoms. The molecule has 0 aliphatic carbocycles. The van der Waals surface area contributed by atoms with Crippen molar-refractivity contribution in [2.24, 2.45) is 0 Å². The van der Waals surface area contributed by atoms with Crippen LogP contribution >= 0.6 is 15.9 Å². The molecule has 0 N–H and O–H groups in total. The molecule has 0 saturated carbocycles. The Labute approximate surface area is 115 Å². The van der Waals surface area contributed by atoms with Gasteiger partial charge in [-0.2, -0.15) is 0 Å². The van der Waals surface area contributed by atoms with Crippen LogP contribution in [0.2, 0.25) is 0 Å². The lowest BCUT2D eigenvalue weighted by Crippen LogP contribution is -2.28. The zero-order chi connectivity index (χ0) is 13.8. The first-order chi connectivity index (χ1) is 8.39. The van der Waals surface area contributed by atoms with Crippen LogP contribution in [0.4, 0.5) is 4.39 Å². The van der Waals surface area contributed by atoms with Crippen molar-refractivity contribution in [1.82, 2.24) is 4.31 Å². The minimum Gasteiger partial charge on any atom is -0.385 e. The van der Waals surface area contributed by atoms with Gasteiger partial charge >= 0.3 is 0 Å². The fourth-order valence-corrected chi connectivity index (χ4v) is 3.14. The van der Waals surface area contributed by atoms with Gasteiger partial charge in [-0.3, -0.25) is 0 Å². The summed E-state index contributed by atoms with van der Waals surface area (Å²) < 4.78 is 43.6. The van der Waals surface area contributed by atoms with Crippen molar-refractivity contribution in [3.63, 3.8) is 0 Å². The molecular weight excluding hydrogens is 325 g/mol. The van der Waals surface area contributed by atoms with E-state index in [1.807, 2.05) is 0 Å². The smallest absolute Gasteiger partial charge is 0.242 e. The molecule has 102 valence electrons. The van der Waals surface area contributed by atoms with Gasteiger partial charge in [0.25, 0.3) is 0 Å². The molecule has 0 spiro atoms. The highest BCUT2D eigenvalue weighted by molar-refractivity contribution is 9.10. The van der Waals surface area contributed by atoms with E-state index in [9.17, 15) is 12.8 Å². The third-order valence-electron chi connectivity index (χ3n) is 2.42. The van der Waals surface area contributed by atoms with E-state index in [0.29, 0.717) is 19.6 Å². The van der Waals surface area contributed by atoms with Crippen molar-refractivity contribution in [1.29, 1.82) is 0 Å². The average molecular weight is 340 g/mol. The number of hydrogen-bond donors (Lipinski definition) is 0. The summed E-state index contributed by atoms with van der Waals surface area (Å²) in [5, 5.41) is 0. The Kier molecular flexibility index (Phi) is 5.71. The summed E-state index contributed by atoms with van der Waals surface area (Å²) in [5.74, 6) is -0.490. The molecule has 0 aliphatic rings. The molecule has 0 aromatic heterocycles. The standard InChI is InChI=1S/C11H15BrFNO3S/c1-14(6-3-7-17-2)18(15,16)9-4-5-11(13)10(12)8-9/h4-5,8H,3,6-7H2,1-2H3. The molecule has 0 unspecified atom stereocenters. The van der Waals surface area contributed by atoms with E-state index in [4.69, 9.17) is 4.74 Å². The summed E-state index contributed by atoms with van der Waals surface area (Å²) in [6.07, 6.45) is 0.606. The van der Waals surface area contributed by atoms with Gasteiger partial charge in [-0.1, -0.05) is 0 Å². The maximum absolute atomic E-state index is 13.1. The van der Waals surface area contributed by atoms with Crippen LogP contribution in [0.25, 0.3) is 0 Å². The number of ether oxygens (including phenoxy) is 1. The Hall–Kier alpha value is -0.500. The van der Waals surface area contributed by atoms with E-state index in [-0.39, 0.29) is 9.37 Å². The molecule has 0 aliphatic heterocycles. The number of benzene rings is 1. The summed E-state index contributed by atoms with van der Waals surface area (Å²) in [7, 11) is -0.528. The van der Waals surface area contributed by atoms with Crippen LogP contribution in [0.1, 0.15) is 6.42 Å². The molecule has 0 heterocycles. The van der Waals surface area contributed by atoms with Crippen LogP contribution in [0.5, 0.6) is 0 Å². The Balaban J connectivity index is 2.88. The molecule has 1 rings (SSSR count). The predicted molar refractivity (Wildman–Crippen MR) is 70.4 cm³/mol. The fraction of sp³-hybridized carbons (Fsp3) is 0.455. The van der Waals surface area contributed by atoms with E-state index >= 15 is 0 Å². The SMILES string of the molecule is COCCCN(C)S(=O)(=O)c1ccc(F)c(Br)c1. The number of sulfonamides is 1. The third kappa shape index (κ3) is 3.74. The number of halogens is 2. The van der Waals surface area contributed by atoms with Crippen LogP contribution < -0.4 is 0 Å². The average Bonchev–Trinajstić information content (AvgIpc) is 2.32. The molecule has 1 aromatic rings. The molecule has 0 radical (unpaired) electrons. The summed E-state index contributed by atoms with van der Waals surface area (Å²) in [6, 6.07) is 3.64. The summed E-state index contributed by atoms with van der Waals surface area (Å²) in [4.78, 5) is 0.0655. The van der Waals surface area contributed by atoms with E-state index in [1.165, 1.54) is 23.5 Å². The van der Waals surface area contributed by atoms with Crippen molar-refractivity contribution >= 4 is 26.0 Å². The molecule has 18 heavy (non-hydrogen) atoms. The van der Waals surface area contributed by atoms with Gasteiger partial charge in [0.1, 0.15) is 5.82 Å². The Bertz CT molecular complexity index is 507. The molecule has 0 bridgehead atoms. The summed E-state index contributed by atoms with van der Waals surface area (Å²) in [5.41, 5.74) is 0. The molecule has 0 fully saturated rings. The maximum Gasteiger partial charge on any atom is 0.242 e. The molecule has 1 aromatic carbocycles. The zero-order valence-electron chi connectivity index (χ0n) is 10.2. The quantitative estimate of drug-likeness (QED) is 0.747. The van der Waals surface area contributed by atoms with Gasteiger partial charge in [0.2, 0.25) is 10.0 Å². The fourth-order valence-electron chi connectivity index (χ4n) is 1.37. The van der Waals surface area contributed by atoms with Crippen molar-refractivity contribution in [2.45, 2.75) is 11.3 Å². The normalized spacial score (nSPS) is 12.1. The third-order valence-corrected chi connectivity index (χ3v) is 4.88. The first kappa shape index (κ1) is 15.6. The predicted octanol–water partition coefficient (Wildman–Crippen LogP) is 2.25. The zero-order valence-corrected chi connectivity index (χ0v) is 12.6. The Morgan fingerprint density at radius 3 is 2.67 bits per heavy atom. The lowest BCUT2D eigenvalue weighted by molar-refractivity contribution is 0.189. The lowest BCUT2D eigenvalue weighted by Gasteiger charge is -2.17. The number of rotatable bonds is 6. The van der Waals surface area contributed by atoms with Gasteiger partial charge in [0.15, 0.2) is 0 Å². The van der Waals surface area contributed by atoms with Gasteiger partial charge in [0, 0.05) is 27.3 Å². The topological polar surface area (TPSA) is 46.6 Å². The van der Waals surface area contributed by atoms with Crippen LogP contribution in [-0.2, 0) is 14.8 Å². The Morgan fingerprint density at radius 2 is 2.11 bits per heavy atom. The molecule has 4 nitrogen and oxygen atoms in total. The van der Waals surface area contributed by atoms with E-state index < -0.39 is 15.8 Å². The van der Waals surface area contributed by atoms with Crippen LogP contribution in [0, 0.1) is 5.82 Å². The second-order valence-corrected chi connectivity index (χ2v) is 6.65. The van der Waals surface area contributed by atoms with Crippen LogP contribution in [0.3, 0.4) is 0 Å². The van der Waals surface area contributed by atoms with Crippen LogP contribution in [0.15, 0.2) is 27.6 Å². The first-order valence-corrected chi connectivity index (χ1v) is 7.53. The highest BCUT2D eigenvalue weighted by Gasteiger charge is 2.21. The monoisotopic (exact) mass is 339 g/mol. The van der Waals surface area contributed by atoms with E-state index in [1.54, 1.807) is 7.11 Å². The van der Waals surface area contributed by atoms with Crippen molar-refractivity contribution in [3.8, 4) is 0 Å². The highest BCUT2D eigenvalue weighted by Crippen LogP contribution is 2.22. The minimum atomic E-state index is -3.58. The van der Waals surface area contributed by atoms with Crippen molar-refractivity contribution in [2.75, 3.05) is 27.3 Å². The summed E-state index contributed by atoms with van der Waals surface area (Å²) >= 11 is 2.97. The number of hydrogen-bond acceptors (Lipinski definition) is 3. The highest BCUT2D eigenvalue weighted by atomic mass is 79.9. The van der Waals surface area contributed by atoms with E-state index in [2.05, 4.69) is 15.9 Å². The number of methoxy groups -OCH3 is 1. The van der Waals surface area contributed by atoms with Gasteiger partial charge in [-0.05, 0) is 40.5 Å². The van der Waals surface area contributed by atoms with Crippen LogP contribution in [-0.4, -0.2) is 40.0 Å². The first-order valence-electron chi connectivity index (χ1n) is 5.30. The largest absolute Gasteiger partial charge is 0.385 e. The van der Waals surface area contributed by atoms with Gasteiger partial charge in [0.05, 0.1) is 9.37 Å². The second-order valence-electron chi connectivity index (χ2n) is 3.75. The maximum atomic E-state index is 13.1. The Morgan fingerprint density at radius 1 is 1.44 bits per heavy atom. The van der Waals surface area contributed by atoms with Gasteiger partial charge in [-0.15, -0.1) is 0 Å². The molecule has 0 atom stereocenters. The second kappa shape index (κ2) is 6.60. The minimum absolute atomic E-state index is 0.0655. The molecule has 0 saturated heterocycles. The van der Waals surface area contributed by atoms with E-state index in [0.717, 1.165) is 6.07 Å². The van der Waals surface area contributed by atoms with Crippen molar-refractivity contribution in [3.05, 3.63) is 28.5 Å².